The van der Waals surface area contributed by atoms with Gasteiger partial charge >= 0.3 is 20.1 Å². The zero-order chi connectivity index (χ0) is 20.9. The molecular weight excluding hydrogens is 419 g/mol. The minimum absolute atomic E-state index is 0.0597. The van der Waals surface area contributed by atoms with Gasteiger partial charge in [0.05, 0.1) is 7.11 Å². The third kappa shape index (κ3) is 10.0. The van der Waals surface area contributed by atoms with E-state index in [1.54, 1.807) is 19.6 Å². The number of benzene rings is 1. The maximum absolute atomic E-state index is 12.6. The third-order valence-corrected chi connectivity index (χ3v) is 7.22. The molecule has 0 unspecified atom stereocenters. The van der Waals surface area contributed by atoms with E-state index in [1.807, 2.05) is 0 Å². The van der Waals surface area contributed by atoms with Crippen LogP contribution in [0, 0.1) is 0 Å². The molecule has 1 rings (SSSR count). The van der Waals surface area contributed by atoms with Crippen LogP contribution in [0.1, 0.15) is 0 Å². The van der Waals surface area contributed by atoms with E-state index in [1.165, 1.54) is 31.4 Å². The van der Waals surface area contributed by atoms with Crippen LogP contribution < -0.4 is 9.26 Å². The van der Waals surface area contributed by atoms with Gasteiger partial charge in [-0.3, -0.25) is 13.5 Å². The highest BCUT2D eigenvalue weighted by Gasteiger charge is 2.40. The lowest BCUT2D eigenvalue weighted by Gasteiger charge is -2.28. The first-order valence-corrected chi connectivity index (χ1v) is 12.5. The first-order chi connectivity index (χ1) is 12.1. The number of hydrogen-bond acceptors (Lipinski definition) is 5. The Morgan fingerprint density at radius 3 is 1.59 bits per heavy atom. The first kappa shape index (κ1) is 23.8. The molecule has 0 heterocycles. The summed E-state index contributed by atoms with van der Waals surface area (Å²) in [7, 11) is -5.57. The molecule has 0 aliphatic rings. The molecule has 5 nitrogen and oxygen atoms in total. The summed E-state index contributed by atoms with van der Waals surface area (Å²) in [5.74, 6) is 0.358. The van der Waals surface area contributed by atoms with Crippen molar-refractivity contribution in [1.82, 2.24) is 0 Å². The summed E-state index contributed by atoms with van der Waals surface area (Å²) < 4.78 is 99.6. The van der Waals surface area contributed by atoms with E-state index >= 15 is 0 Å². The number of ether oxygens (including phenoxy) is 1. The van der Waals surface area contributed by atoms with Gasteiger partial charge in [-0.2, -0.15) is 26.3 Å². The zero-order valence-electron chi connectivity index (χ0n) is 15.0. The van der Waals surface area contributed by atoms with Crippen molar-refractivity contribution >= 4 is 16.0 Å². The third-order valence-electron chi connectivity index (χ3n) is 2.49. The van der Waals surface area contributed by atoms with E-state index in [4.69, 9.17) is 18.3 Å². The van der Waals surface area contributed by atoms with Gasteiger partial charge in [-0.05, 0) is 43.9 Å². The van der Waals surface area contributed by atoms with Crippen LogP contribution in [-0.4, -0.2) is 40.9 Å². The number of nitrogens with zero attached hydrogens (tertiary/aromatic N) is 1. The van der Waals surface area contributed by atoms with Gasteiger partial charge in [0.15, 0.2) is 21.4 Å². The minimum Gasteiger partial charge on any atom is -0.497 e. The van der Waals surface area contributed by atoms with Crippen molar-refractivity contribution in [3.05, 3.63) is 24.3 Å². The van der Waals surface area contributed by atoms with Crippen molar-refractivity contribution in [2.24, 2.45) is 4.41 Å². The van der Waals surface area contributed by atoms with Crippen molar-refractivity contribution < 1.29 is 44.7 Å². The molecule has 156 valence electrons. The van der Waals surface area contributed by atoms with Crippen molar-refractivity contribution in [3.63, 3.8) is 0 Å². The maximum Gasteiger partial charge on any atom is 0.412 e. The Balaban J connectivity index is 3.31. The van der Waals surface area contributed by atoms with Gasteiger partial charge in [-0.1, -0.05) is 0 Å². The van der Waals surface area contributed by atoms with Gasteiger partial charge in [0.1, 0.15) is 11.5 Å². The predicted octanol–water partition coefficient (Wildman–Crippen LogP) is 6.01. The lowest BCUT2D eigenvalue weighted by atomic mass is 10.3. The minimum atomic E-state index is -4.80. The van der Waals surface area contributed by atoms with E-state index in [-0.39, 0.29) is 5.75 Å². The Hall–Kier alpha value is -1.23. The second-order valence-electron chi connectivity index (χ2n) is 6.28. The molecule has 0 atom stereocenters. The highest BCUT2D eigenvalue weighted by molar-refractivity contribution is 7.53. The smallest absolute Gasteiger partial charge is 0.412 e. The molecule has 0 spiro atoms. The van der Waals surface area contributed by atoms with Crippen LogP contribution in [0.2, 0.25) is 19.6 Å². The van der Waals surface area contributed by atoms with E-state index in [9.17, 15) is 26.3 Å². The fraction of sp³-hybridized carbons (Fsp3) is 0.571. The molecule has 27 heavy (non-hydrogen) atoms. The number of alkyl halides is 6. The summed E-state index contributed by atoms with van der Waals surface area (Å²) in [6.07, 6.45) is -9.60. The monoisotopic (exact) mass is 439 g/mol. The van der Waals surface area contributed by atoms with E-state index in [0.717, 1.165) is 0 Å². The lowest BCUT2D eigenvalue weighted by molar-refractivity contribution is -0.166. The highest BCUT2D eigenvalue weighted by atomic mass is 31.2. The normalized spacial score (nSPS) is 13.4. The molecule has 0 radical (unpaired) electrons. The van der Waals surface area contributed by atoms with Gasteiger partial charge < -0.3 is 9.26 Å². The SMILES string of the molecule is COc1ccc(OP(=N[Si](C)(C)C)(OCC(F)(F)F)OCC(F)(F)F)cc1. The molecule has 0 aromatic heterocycles. The molecular formula is C14H20F6NO4PSi. The van der Waals surface area contributed by atoms with Crippen molar-refractivity contribution in [3.8, 4) is 11.5 Å². The second kappa shape index (κ2) is 8.85. The summed E-state index contributed by atoms with van der Waals surface area (Å²) in [5.41, 5.74) is 0. The van der Waals surface area contributed by atoms with Gasteiger partial charge in [0.25, 0.3) is 0 Å². The van der Waals surface area contributed by atoms with Gasteiger partial charge in [0.2, 0.25) is 0 Å². The second-order valence-corrected chi connectivity index (χ2v) is 13.1. The Bertz CT molecular complexity index is 636. The fourth-order valence-corrected chi connectivity index (χ4v) is 6.37. The Morgan fingerprint density at radius 1 is 0.852 bits per heavy atom. The molecule has 0 bridgehead atoms. The molecule has 1 aromatic rings. The highest BCUT2D eigenvalue weighted by Crippen LogP contribution is 2.56. The van der Waals surface area contributed by atoms with Crippen molar-refractivity contribution in [2.75, 3.05) is 20.3 Å². The van der Waals surface area contributed by atoms with Crippen LogP contribution in [0.5, 0.6) is 11.5 Å². The first-order valence-electron chi connectivity index (χ1n) is 7.53. The van der Waals surface area contributed by atoms with Crippen LogP contribution in [0.3, 0.4) is 0 Å². The average Bonchev–Trinajstić information content (AvgIpc) is 2.49. The van der Waals surface area contributed by atoms with Gasteiger partial charge in [0, 0.05) is 0 Å². The molecule has 0 aliphatic carbocycles. The summed E-state index contributed by atoms with van der Waals surface area (Å²) in [5, 5.41) is 0. The Labute approximate surface area is 154 Å². The number of hydrogen-bond donors (Lipinski definition) is 0. The largest absolute Gasteiger partial charge is 0.497 e. The summed E-state index contributed by atoms with van der Waals surface area (Å²) in [4.78, 5) is 0. The average molecular weight is 439 g/mol. The molecule has 0 saturated carbocycles. The topological polar surface area (TPSA) is 49.3 Å². The van der Waals surface area contributed by atoms with Crippen molar-refractivity contribution in [2.45, 2.75) is 32.0 Å². The summed E-state index contributed by atoms with van der Waals surface area (Å²) in [6.45, 7) is 1.10. The van der Waals surface area contributed by atoms with Gasteiger partial charge in [-0.15, -0.1) is 0 Å². The van der Waals surface area contributed by atoms with Crippen LogP contribution in [0.15, 0.2) is 28.7 Å². The quantitative estimate of drug-likeness (QED) is 0.283. The standard InChI is InChI=1S/C14H20F6NO4PSi/c1-22-11-5-7-12(8-6-11)25-26(21-27(2,3)4,23-9-13(15,16)17)24-10-14(18,19)20/h5-8H,9-10H2,1-4H3. The number of rotatable bonds is 8. The Kier molecular flexibility index (Phi) is 7.80. The molecule has 13 heteroatoms. The molecule has 0 saturated heterocycles. The molecule has 0 N–H and O–H groups in total. The van der Waals surface area contributed by atoms with E-state index in [2.05, 4.69) is 4.41 Å². The fourth-order valence-electron chi connectivity index (χ4n) is 1.61. The summed E-state index contributed by atoms with van der Waals surface area (Å²) in [6, 6.07) is 5.46. The van der Waals surface area contributed by atoms with E-state index < -0.39 is 41.5 Å². The van der Waals surface area contributed by atoms with E-state index in [0.29, 0.717) is 5.75 Å². The Morgan fingerprint density at radius 2 is 1.26 bits per heavy atom. The van der Waals surface area contributed by atoms with Crippen molar-refractivity contribution in [1.29, 1.82) is 0 Å². The van der Waals surface area contributed by atoms with Crippen LogP contribution in [-0.2, 0) is 9.05 Å². The van der Waals surface area contributed by atoms with Crippen LogP contribution in [0.4, 0.5) is 26.3 Å². The molecule has 0 fully saturated rings. The van der Waals surface area contributed by atoms with Gasteiger partial charge in [-0.25, -0.2) is 0 Å². The molecule has 0 amide bonds. The number of halogens is 6. The molecule has 1 aromatic carbocycles. The number of methoxy groups -OCH3 is 1. The van der Waals surface area contributed by atoms with Crippen LogP contribution in [0.25, 0.3) is 0 Å². The zero-order valence-corrected chi connectivity index (χ0v) is 16.9. The maximum atomic E-state index is 12.6. The summed E-state index contributed by atoms with van der Waals surface area (Å²) >= 11 is 0. The van der Waals surface area contributed by atoms with Crippen LogP contribution >= 0.6 is 7.74 Å². The lowest BCUT2D eigenvalue weighted by Crippen LogP contribution is -2.24. The predicted molar refractivity (Wildman–Crippen MR) is 90.3 cm³/mol. The molecule has 0 aliphatic heterocycles.